The number of rotatable bonds is 3. The molecule has 1 aliphatic heterocycles. The minimum Gasteiger partial charge on any atom is -0.422 e. The summed E-state index contributed by atoms with van der Waals surface area (Å²) in [4.78, 5) is 28.7. The summed E-state index contributed by atoms with van der Waals surface area (Å²) in [5.41, 5.74) is 2.62. The number of carbonyl (C=O) groups excluding carboxylic acids is 2. The number of benzene rings is 2. The van der Waals surface area contributed by atoms with Crippen LogP contribution in [0.2, 0.25) is 0 Å². The number of para-hydroxylation sites is 1. The zero-order valence-electron chi connectivity index (χ0n) is 15.1. The van der Waals surface area contributed by atoms with Crippen LogP contribution < -0.4 is 0 Å². The molecule has 1 aliphatic rings. The van der Waals surface area contributed by atoms with Crippen LogP contribution in [0, 0.1) is 12.0 Å². The molecule has 1 radical (unpaired) electrons. The zero-order chi connectivity index (χ0) is 18.3. The van der Waals surface area contributed by atoms with Gasteiger partial charge in [-0.2, -0.15) is 30.3 Å². The number of fused-ring (bicyclic) bond motifs is 1. The standard InChI is InChI=1S/C21H18NO4.Y/c1-21(2)25-19(23)18(20(24)26-21)17(13-8-4-3-5-9-13)15-12-22-16-11-7-6-10-14(15)16;/h4-12,17-18,22H,1-2H3;/q-1;. The number of hydrogen-bond acceptors (Lipinski definition) is 4. The Morgan fingerprint density at radius 1 is 1.04 bits per heavy atom. The van der Waals surface area contributed by atoms with E-state index in [9.17, 15) is 9.59 Å². The van der Waals surface area contributed by atoms with E-state index in [-0.39, 0.29) is 32.7 Å². The van der Waals surface area contributed by atoms with Crippen molar-refractivity contribution in [3.05, 3.63) is 71.9 Å². The van der Waals surface area contributed by atoms with Crippen molar-refractivity contribution in [1.82, 2.24) is 4.98 Å². The third-order valence-electron chi connectivity index (χ3n) is 4.59. The second-order valence-electron chi connectivity index (χ2n) is 6.82. The number of carbonyl (C=O) groups is 2. The number of hydrogen-bond donors (Lipinski definition) is 1. The number of cyclic esters (lactones) is 2. The molecular formula is C21H18NO4Y-. The number of esters is 2. The van der Waals surface area contributed by atoms with Gasteiger partial charge in [-0.3, -0.25) is 9.59 Å². The van der Waals surface area contributed by atoms with Crippen LogP contribution in [0.25, 0.3) is 10.9 Å². The van der Waals surface area contributed by atoms with Crippen molar-refractivity contribution >= 4 is 22.8 Å². The fourth-order valence-electron chi connectivity index (χ4n) is 3.51. The monoisotopic (exact) mass is 437 g/mol. The van der Waals surface area contributed by atoms with Gasteiger partial charge in [0, 0.05) is 69.6 Å². The first-order chi connectivity index (χ1) is 12.5. The van der Waals surface area contributed by atoms with Crippen molar-refractivity contribution in [3.63, 3.8) is 0 Å². The minimum atomic E-state index is -1.25. The van der Waals surface area contributed by atoms with Crippen molar-refractivity contribution in [2.24, 2.45) is 5.92 Å². The average molecular weight is 437 g/mol. The summed E-state index contributed by atoms with van der Waals surface area (Å²) >= 11 is 0. The number of H-pyrrole nitrogens is 1. The largest absolute Gasteiger partial charge is 0.422 e. The molecule has 1 saturated heterocycles. The van der Waals surface area contributed by atoms with E-state index >= 15 is 0 Å². The van der Waals surface area contributed by atoms with Gasteiger partial charge in [0.15, 0.2) is 5.92 Å². The molecule has 1 unspecified atom stereocenters. The molecule has 0 saturated carbocycles. The molecule has 135 valence electrons. The second-order valence-corrected chi connectivity index (χ2v) is 6.82. The first-order valence-electron chi connectivity index (χ1n) is 8.44. The number of aromatic nitrogens is 1. The molecule has 3 aromatic rings. The van der Waals surface area contributed by atoms with Crippen molar-refractivity contribution in [1.29, 1.82) is 0 Å². The maximum Gasteiger partial charge on any atom is 0.324 e. The van der Waals surface area contributed by atoms with Crippen molar-refractivity contribution in [2.45, 2.75) is 25.6 Å². The van der Waals surface area contributed by atoms with E-state index in [1.807, 2.05) is 42.6 Å². The Labute approximate surface area is 182 Å². The van der Waals surface area contributed by atoms with Gasteiger partial charge in [-0.25, -0.2) is 0 Å². The van der Waals surface area contributed by atoms with Crippen LogP contribution in [-0.2, 0) is 51.8 Å². The molecule has 1 atom stereocenters. The summed E-state index contributed by atoms with van der Waals surface area (Å²) in [6.45, 7) is 3.11. The van der Waals surface area contributed by atoms with Crippen LogP contribution in [0.15, 0.2) is 54.7 Å². The first kappa shape index (κ1) is 19.8. The van der Waals surface area contributed by atoms with E-state index in [1.165, 1.54) is 0 Å². The summed E-state index contributed by atoms with van der Waals surface area (Å²) in [6, 6.07) is 18.0. The van der Waals surface area contributed by atoms with Crippen molar-refractivity contribution < 1.29 is 51.8 Å². The molecule has 27 heavy (non-hydrogen) atoms. The average Bonchev–Trinajstić information content (AvgIpc) is 3.02. The van der Waals surface area contributed by atoms with E-state index in [1.54, 1.807) is 26.0 Å². The van der Waals surface area contributed by atoms with Gasteiger partial charge < -0.3 is 14.5 Å². The van der Waals surface area contributed by atoms with E-state index < -0.39 is 29.6 Å². The van der Waals surface area contributed by atoms with Crippen molar-refractivity contribution in [3.8, 4) is 0 Å². The molecule has 1 N–H and O–H groups in total. The fraction of sp³-hybridized carbons (Fsp3) is 0.238. The molecular weight excluding hydrogens is 419 g/mol. The molecule has 0 spiro atoms. The van der Waals surface area contributed by atoms with Crippen LogP contribution in [-0.4, -0.2) is 22.7 Å². The molecule has 4 rings (SSSR count). The molecule has 5 nitrogen and oxygen atoms in total. The Balaban J connectivity index is 0.00000210. The molecule has 0 bridgehead atoms. The van der Waals surface area contributed by atoms with Gasteiger partial charge in [-0.05, 0) is 11.6 Å². The maximum atomic E-state index is 12.7. The number of aromatic amines is 1. The van der Waals surface area contributed by atoms with Gasteiger partial charge in [-0.15, -0.1) is 5.56 Å². The maximum absolute atomic E-state index is 12.7. The Morgan fingerprint density at radius 2 is 1.67 bits per heavy atom. The Kier molecular flexibility index (Phi) is 5.54. The minimum absolute atomic E-state index is 0. The van der Waals surface area contributed by atoms with Gasteiger partial charge in [-0.1, -0.05) is 18.2 Å². The van der Waals surface area contributed by atoms with E-state index in [0.717, 1.165) is 22.0 Å². The van der Waals surface area contributed by atoms with Crippen molar-refractivity contribution in [2.75, 3.05) is 0 Å². The second kappa shape index (κ2) is 7.57. The van der Waals surface area contributed by atoms with E-state index in [4.69, 9.17) is 9.47 Å². The predicted octanol–water partition coefficient (Wildman–Crippen LogP) is 3.55. The van der Waals surface area contributed by atoms with Crippen LogP contribution >= 0.6 is 0 Å². The normalized spacial score (nSPS) is 17.7. The Bertz CT molecular complexity index is 960. The quantitative estimate of drug-likeness (QED) is 0.387. The number of ether oxygens (including phenoxy) is 2. The van der Waals surface area contributed by atoms with Crippen LogP contribution in [0.5, 0.6) is 0 Å². The predicted molar refractivity (Wildman–Crippen MR) is 95.2 cm³/mol. The van der Waals surface area contributed by atoms with E-state index in [2.05, 4.69) is 11.1 Å². The summed E-state index contributed by atoms with van der Waals surface area (Å²) in [5.74, 6) is -3.98. The molecule has 6 heteroatoms. The van der Waals surface area contributed by atoms with Crippen LogP contribution in [0.1, 0.15) is 30.9 Å². The van der Waals surface area contributed by atoms with Crippen LogP contribution in [0.3, 0.4) is 0 Å². The molecule has 2 aromatic carbocycles. The molecule has 0 amide bonds. The fourth-order valence-corrected chi connectivity index (χ4v) is 3.51. The summed E-state index contributed by atoms with van der Waals surface area (Å²) in [5, 5.41) is 0.954. The van der Waals surface area contributed by atoms with Crippen LogP contribution in [0.4, 0.5) is 0 Å². The SMILES string of the molecule is CC1(C)OC(=O)C(C(c2cc[c-]cc2)c2c[nH]c3ccccc23)C(=O)O1.[Y]. The third kappa shape index (κ3) is 3.71. The third-order valence-corrected chi connectivity index (χ3v) is 4.59. The Morgan fingerprint density at radius 3 is 2.33 bits per heavy atom. The Hall–Kier alpha value is -1.98. The summed E-state index contributed by atoms with van der Waals surface area (Å²) in [7, 11) is 0. The van der Waals surface area contributed by atoms with Gasteiger partial charge in [0.05, 0.1) is 0 Å². The first-order valence-corrected chi connectivity index (χ1v) is 8.44. The number of nitrogens with one attached hydrogen (secondary N) is 1. The molecule has 0 aliphatic carbocycles. The van der Waals surface area contributed by atoms with Gasteiger partial charge in [0.1, 0.15) is 0 Å². The molecule has 1 fully saturated rings. The molecule has 2 heterocycles. The topological polar surface area (TPSA) is 68.4 Å². The summed E-state index contributed by atoms with van der Waals surface area (Å²) < 4.78 is 10.7. The van der Waals surface area contributed by atoms with E-state index in [0.29, 0.717) is 0 Å². The van der Waals surface area contributed by atoms with Gasteiger partial charge in [0.2, 0.25) is 0 Å². The van der Waals surface area contributed by atoms with Gasteiger partial charge in [0.25, 0.3) is 5.79 Å². The molecule has 1 aromatic heterocycles. The van der Waals surface area contributed by atoms with Gasteiger partial charge >= 0.3 is 11.9 Å². The summed E-state index contributed by atoms with van der Waals surface area (Å²) in [6.07, 6.45) is 1.84. The zero-order valence-corrected chi connectivity index (χ0v) is 17.9. The smallest absolute Gasteiger partial charge is 0.324 e.